The molecule has 2 aromatic rings. The maximum Gasteiger partial charge on any atom is 0.167 e. The molecule has 268 valence electrons. The molecule has 0 aliphatic heterocycles. The van der Waals surface area contributed by atoms with Crippen LogP contribution in [-0.2, 0) is 12.8 Å². The number of benzene rings is 2. The minimum absolute atomic E-state index is 0.00742. The summed E-state index contributed by atoms with van der Waals surface area (Å²) >= 11 is 0. The third kappa shape index (κ3) is 10.3. The van der Waals surface area contributed by atoms with Gasteiger partial charge in [0.15, 0.2) is 11.6 Å². The topological polar surface area (TPSA) is 156 Å². The average molecular weight is 677 g/mol. The Balaban J connectivity index is 2.95. The lowest BCUT2D eigenvalue weighted by Gasteiger charge is -2.28. The molecular weight excluding hydrogens is 620 g/mol. The van der Waals surface area contributed by atoms with Crippen LogP contribution >= 0.6 is 0 Å². The molecule has 0 heterocycles. The molecule has 0 bridgehead atoms. The predicted molar refractivity (Wildman–Crippen MR) is 196 cm³/mol. The molecule has 0 fully saturated rings. The second-order valence-corrected chi connectivity index (χ2v) is 14.1. The molecule has 0 spiro atoms. The fourth-order valence-electron chi connectivity index (χ4n) is 6.07. The molecule has 0 aliphatic carbocycles. The van der Waals surface area contributed by atoms with Crippen molar-refractivity contribution >= 4 is 11.6 Å². The molecule has 1 unspecified atom stereocenters. The Bertz CT molecular complexity index is 1560. The Hall–Kier alpha value is -4.46. The average Bonchev–Trinajstić information content (AvgIpc) is 2.95. The molecule has 8 nitrogen and oxygen atoms in total. The Kier molecular flexibility index (Phi) is 14.8. The van der Waals surface area contributed by atoms with Gasteiger partial charge in [0.05, 0.1) is 0 Å². The maximum atomic E-state index is 12.9. The van der Waals surface area contributed by atoms with Crippen molar-refractivity contribution in [3.63, 3.8) is 0 Å². The first-order valence-electron chi connectivity index (χ1n) is 17.0. The minimum Gasteiger partial charge on any atom is -0.507 e. The van der Waals surface area contributed by atoms with Crippen LogP contribution in [0.1, 0.15) is 150 Å². The van der Waals surface area contributed by atoms with Gasteiger partial charge in [-0.05, 0) is 106 Å². The molecule has 6 N–H and O–H groups in total. The van der Waals surface area contributed by atoms with Gasteiger partial charge in [-0.3, -0.25) is 9.59 Å². The van der Waals surface area contributed by atoms with Crippen molar-refractivity contribution in [2.24, 2.45) is 5.92 Å². The Labute approximate surface area is 291 Å². The second kappa shape index (κ2) is 17.8. The zero-order chi connectivity index (χ0) is 37.3. The lowest BCUT2D eigenvalue weighted by molar-refractivity contribution is 0.0998. The van der Waals surface area contributed by atoms with Crippen LogP contribution in [0, 0.1) is 5.92 Å². The molecule has 0 saturated carbocycles. The van der Waals surface area contributed by atoms with Crippen LogP contribution in [-0.4, -0.2) is 42.2 Å². The van der Waals surface area contributed by atoms with Gasteiger partial charge in [0.1, 0.15) is 45.6 Å². The van der Waals surface area contributed by atoms with Crippen molar-refractivity contribution in [1.82, 2.24) is 0 Å². The summed E-state index contributed by atoms with van der Waals surface area (Å²) in [7, 11) is 0. The highest BCUT2D eigenvalue weighted by Crippen LogP contribution is 2.55. The molecule has 0 radical (unpaired) electrons. The summed E-state index contributed by atoms with van der Waals surface area (Å²) in [5, 5.41) is 69.1. The number of allylic oxidation sites excluding steroid dienone is 8. The number of phenols is 6. The van der Waals surface area contributed by atoms with E-state index in [9.17, 15) is 40.2 Å². The lowest BCUT2D eigenvalue weighted by atomic mass is 9.78. The highest BCUT2D eigenvalue weighted by Gasteiger charge is 2.36. The third-order valence-electron chi connectivity index (χ3n) is 8.71. The number of ketones is 2. The smallest absolute Gasteiger partial charge is 0.167 e. The highest BCUT2D eigenvalue weighted by molar-refractivity contribution is 6.02. The number of rotatable bonds is 16. The van der Waals surface area contributed by atoms with Gasteiger partial charge < -0.3 is 30.6 Å². The zero-order valence-electron chi connectivity index (χ0n) is 30.9. The molecular formula is C41H56O8. The molecule has 0 saturated heterocycles. The van der Waals surface area contributed by atoms with E-state index in [0.717, 1.165) is 36.8 Å². The second-order valence-electron chi connectivity index (χ2n) is 14.1. The standard InChI is InChI=1S/C41H56O8/c1-22(2)13-11-15-25(7)17-19-29-36(44)32(27(9)42)40(48)34(38(29)46)31(21-24(5)6)35-39(47)30(37(45)33(28(10)43)41(35)49)20-18-26(8)16-12-14-23(3)4/h13-14,17-18,24,31,44-49H,11-12,15-16,19-21H2,1-10H3/b25-17-,26-18+. The van der Waals surface area contributed by atoms with Crippen LogP contribution in [0.5, 0.6) is 34.5 Å². The van der Waals surface area contributed by atoms with E-state index in [-0.39, 0.29) is 47.4 Å². The summed E-state index contributed by atoms with van der Waals surface area (Å²) in [6.45, 7) is 18.0. The number of phenolic OH excluding ortho intramolecular Hbond substituents is 6. The van der Waals surface area contributed by atoms with Crippen LogP contribution in [0.4, 0.5) is 0 Å². The number of carbonyl (C=O) groups is 2. The first-order valence-corrected chi connectivity index (χ1v) is 17.0. The largest absolute Gasteiger partial charge is 0.507 e. The quantitative estimate of drug-likeness (QED) is 0.0758. The van der Waals surface area contributed by atoms with E-state index in [0.29, 0.717) is 0 Å². The molecule has 2 rings (SSSR count). The van der Waals surface area contributed by atoms with Gasteiger partial charge in [0.2, 0.25) is 0 Å². The molecule has 0 aromatic heterocycles. The van der Waals surface area contributed by atoms with Crippen molar-refractivity contribution in [3.05, 3.63) is 80.0 Å². The van der Waals surface area contributed by atoms with E-state index in [1.54, 1.807) is 0 Å². The van der Waals surface area contributed by atoms with Crippen LogP contribution in [0.3, 0.4) is 0 Å². The fraction of sp³-hybridized carbons (Fsp3) is 0.463. The van der Waals surface area contributed by atoms with Gasteiger partial charge in [-0.15, -0.1) is 0 Å². The first kappa shape index (κ1) is 40.7. The van der Waals surface area contributed by atoms with Crippen molar-refractivity contribution in [1.29, 1.82) is 0 Å². The van der Waals surface area contributed by atoms with Gasteiger partial charge in [-0.1, -0.05) is 60.4 Å². The van der Waals surface area contributed by atoms with Crippen molar-refractivity contribution < 1.29 is 40.2 Å². The first-order chi connectivity index (χ1) is 22.8. The van der Waals surface area contributed by atoms with Gasteiger partial charge in [0, 0.05) is 28.2 Å². The zero-order valence-corrected chi connectivity index (χ0v) is 30.9. The van der Waals surface area contributed by atoms with Gasteiger partial charge in [0.25, 0.3) is 0 Å². The van der Waals surface area contributed by atoms with E-state index in [4.69, 9.17) is 0 Å². The summed E-state index contributed by atoms with van der Waals surface area (Å²) < 4.78 is 0. The monoisotopic (exact) mass is 676 g/mol. The Morgan fingerprint density at radius 2 is 0.878 bits per heavy atom. The summed E-state index contributed by atoms with van der Waals surface area (Å²) in [6, 6.07) is 0. The maximum absolute atomic E-state index is 12.9. The van der Waals surface area contributed by atoms with Gasteiger partial charge in [-0.25, -0.2) is 0 Å². The highest BCUT2D eigenvalue weighted by atomic mass is 16.3. The van der Waals surface area contributed by atoms with Gasteiger partial charge >= 0.3 is 0 Å². The number of Topliss-reactive ketones (excluding diaryl/α,β-unsaturated/α-hetero) is 2. The van der Waals surface area contributed by atoms with Crippen molar-refractivity contribution in [3.8, 4) is 34.5 Å². The van der Waals surface area contributed by atoms with E-state index in [1.807, 2.05) is 67.5 Å². The van der Waals surface area contributed by atoms with Crippen LogP contribution < -0.4 is 0 Å². The normalized spacial score (nSPS) is 12.6. The molecule has 2 aromatic carbocycles. The predicted octanol–water partition coefficient (Wildman–Crippen LogP) is 9.97. The van der Waals surface area contributed by atoms with E-state index in [2.05, 4.69) is 12.2 Å². The Morgan fingerprint density at radius 1 is 0.531 bits per heavy atom. The summed E-state index contributed by atoms with van der Waals surface area (Å²) in [6.07, 6.45) is 11.2. The van der Waals surface area contributed by atoms with E-state index in [1.165, 1.54) is 25.0 Å². The summed E-state index contributed by atoms with van der Waals surface area (Å²) in [5.41, 5.74) is 3.23. The van der Waals surface area contributed by atoms with Crippen molar-refractivity contribution in [2.75, 3.05) is 0 Å². The molecule has 8 heteroatoms. The molecule has 0 amide bonds. The van der Waals surface area contributed by atoms with Crippen LogP contribution in [0.2, 0.25) is 0 Å². The molecule has 0 aliphatic rings. The SMILES string of the molecule is CC(=O)c1c(O)c(C/C=C(/C)CCC=C(C)C)c(O)c(C(CC(C)C)c2c(O)c(C/C=C(\C)CCC=C(C)C)c(O)c(C(C)=O)c2O)c1O. The van der Waals surface area contributed by atoms with Crippen molar-refractivity contribution in [2.45, 2.75) is 120 Å². The van der Waals surface area contributed by atoms with E-state index >= 15 is 0 Å². The minimum atomic E-state index is -1.15. The third-order valence-corrected chi connectivity index (χ3v) is 8.71. The summed E-state index contributed by atoms with van der Waals surface area (Å²) in [4.78, 5) is 25.7. The number of hydrogen-bond donors (Lipinski definition) is 6. The molecule has 49 heavy (non-hydrogen) atoms. The van der Waals surface area contributed by atoms with Gasteiger partial charge in [-0.2, -0.15) is 0 Å². The van der Waals surface area contributed by atoms with Crippen LogP contribution in [0.15, 0.2) is 46.6 Å². The lowest BCUT2D eigenvalue weighted by Crippen LogP contribution is -2.12. The summed E-state index contributed by atoms with van der Waals surface area (Å²) in [5.74, 6) is -6.07. The van der Waals surface area contributed by atoms with Crippen LogP contribution in [0.25, 0.3) is 0 Å². The Morgan fingerprint density at radius 3 is 1.16 bits per heavy atom. The number of carbonyl (C=O) groups excluding carboxylic acids is 2. The number of hydrogen-bond acceptors (Lipinski definition) is 8. The van der Waals surface area contributed by atoms with E-state index < -0.39 is 63.1 Å². The fourth-order valence-corrected chi connectivity index (χ4v) is 6.07. The number of aromatic hydroxyl groups is 6. The molecule has 1 atom stereocenters.